The summed E-state index contributed by atoms with van der Waals surface area (Å²) < 4.78 is 61.0. The zero-order valence-electron chi connectivity index (χ0n) is 18.6. The van der Waals surface area contributed by atoms with Crippen LogP contribution in [0.4, 0.5) is 28.0 Å². The van der Waals surface area contributed by atoms with E-state index in [-0.39, 0.29) is 34.9 Å². The van der Waals surface area contributed by atoms with Gasteiger partial charge in [-0.15, -0.1) is 0 Å². The van der Waals surface area contributed by atoms with Gasteiger partial charge in [0.1, 0.15) is 0 Å². The van der Waals surface area contributed by atoms with Crippen LogP contribution in [-0.4, -0.2) is 39.8 Å². The van der Waals surface area contributed by atoms with Gasteiger partial charge in [0.2, 0.25) is 0 Å². The Balaban J connectivity index is 1.37. The molecule has 0 aliphatic carbocycles. The smallest absolute Gasteiger partial charge is 0.416 e. The number of hydrogen-bond acceptors (Lipinski definition) is 4. The van der Waals surface area contributed by atoms with E-state index in [1.54, 1.807) is 0 Å². The lowest BCUT2D eigenvalue weighted by Gasteiger charge is -2.45. The molecule has 7 nitrogen and oxygen atoms in total. The summed E-state index contributed by atoms with van der Waals surface area (Å²) in [4.78, 5) is 26.9. The first-order chi connectivity index (χ1) is 17.1. The molecule has 1 N–H and O–H groups in total. The van der Waals surface area contributed by atoms with Crippen molar-refractivity contribution in [2.45, 2.75) is 31.2 Å². The Morgan fingerprint density at radius 2 is 2.06 bits per heavy atom. The number of ether oxygens (including phenoxy) is 1. The van der Waals surface area contributed by atoms with Gasteiger partial charge in [0.25, 0.3) is 5.91 Å². The molecule has 0 bridgehead atoms. The highest BCUT2D eigenvalue weighted by molar-refractivity contribution is 6.31. The van der Waals surface area contributed by atoms with Gasteiger partial charge < -0.3 is 9.64 Å². The second-order valence-electron chi connectivity index (χ2n) is 8.75. The van der Waals surface area contributed by atoms with E-state index in [0.29, 0.717) is 24.9 Å². The number of fused-ring (bicyclic) bond motifs is 2. The minimum absolute atomic E-state index is 0.0293. The van der Waals surface area contributed by atoms with Crippen molar-refractivity contribution in [1.82, 2.24) is 14.7 Å². The molecule has 1 saturated heterocycles. The Labute approximate surface area is 207 Å². The van der Waals surface area contributed by atoms with E-state index in [2.05, 4.69) is 10.4 Å². The van der Waals surface area contributed by atoms with Crippen LogP contribution < -0.4 is 5.32 Å². The van der Waals surface area contributed by atoms with Gasteiger partial charge in [0, 0.05) is 12.7 Å². The normalized spacial score (nSPS) is 19.6. The van der Waals surface area contributed by atoms with Gasteiger partial charge in [-0.3, -0.25) is 14.8 Å². The number of rotatable bonds is 3. The molecule has 2 amide bonds. The topological polar surface area (TPSA) is 76.5 Å². The summed E-state index contributed by atoms with van der Waals surface area (Å²) in [6.07, 6.45) is -1.74. The summed E-state index contributed by atoms with van der Waals surface area (Å²) in [5.74, 6) is -1.15. The molecule has 0 saturated carbocycles. The van der Waals surface area contributed by atoms with E-state index < -0.39 is 35.2 Å². The molecule has 0 unspecified atom stereocenters. The molecule has 36 heavy (non-hydrogen) atoms. The average Bonchev–Trinajstić information content (AvgIpc) is 3.29. The number of amides is 2. The number of halogens is 5. The summed E-state index contributed by atoms with van der Waals surface area (Å²) in [6.45, 7) is 0.270. The Morgan fingerprint density at radius 3 is 2.83 bits per heavy atom. The number of anilines is 1. The van der Waals surface area contributed by atoms with E-state index in [9.17, 15) is 22.8 Å². The maximum absolute atomic E-state index is 15.1. The number of aromatic nitrogens is 2. The average molecular weight is 523 g/mol. The molecular formula is C24H19ClF4N4O3. The first-order valence-electron chi connectivity index (χ1n) is 11.0. The second kappa shape index (κ2) is 8.81. The number of nitrogens with one attached hydrogen (secondary N) is 1. The molecule has 1 fully saturated rings. The van der Waals surface area contributed by atoms with E-state index in [4.69, 9.17) is 16.3 Å². The summed E-state index contributed by atoms with van der Waals surface area (Å²) in [7, 11) is 0. The highest BCUT2D eigenvalue weighted by atomic mass is 35.5. The van der Waals surface area contributed by atoms with Gasteiger partial charge in [-0.25, -0.2) is 9.18 Å². The maximum atomic E-state index is 15.1. The van der Waals surface area contributed by atoms with Crippen molar-refractivity contribution in [2.24, 2.45) is 0 Å². The third-order valence-corrected chi connectivity index (χ3v) is 6.59. The van der Waals surface area contributed by atoms with Crippen molar-refractivity contribution in [3.63, 3.8) is 0 Å². The lowest BCUT2D eigenvalue weighted by Crippen LogP contribution is -2.53. The predicted molar refractivity (Wildman–Crippen MR) is 121 cm³/mol. The standard InChI is InChI=1S/C24H19ClF4N4O3/c25-17-5-6-18-19(20(17)26)23(36-22(35)31-18)7-2-8-32(13-23)21(34)15-10-30-33(12-15)11-14-3-1-4-16(9-14)24(27,28)29/h1,3-6,9-10,12H,2,7-8,11,13H2,(H,31,35)/t23-/m0/s1. The number of hydrogen-bond donors (Lipinski definition) is 1. The van der Waals surface area contributed by atoms with Crippen LogP contribution in [-0.2, 0) is 23.1 Å². The molecule has 5 rings (SSSR count). The van der Waals surface area contributed by atoms with E-state index in [0.717, 1.165) is 12.1 Å². The van der Waals surface area contributed by atoms with Crippen molar-refractivity contribution in [1.29, 1.82) is 0 Å². The van der Waals surface area contributed by atoms with Crippen molar-refractivity contribution in [3.05, 3.63) is 81.9 Å². The highest BCUT2D eigenvalue weighted by Crippen LogP contribution is 2.45. The number of likely N-dealkylation sites (tertiary alicyclic amines) is 1. The quantitative estimate of drug-likeness (QED) is 0.465. The Kier molecular flexibility index (Phi) is 5.90. The summed E-state index contributed by atoms with van der Waals surface area (Å²) >= 11 is 5.99. The zero-order chi connectivity index (χ0) is 25.7. The first kappa shape index (κ1) is 24.1. The number of carbonyl (C=O) groups excluding carboxylic acids is 2. The molecule has 1 aromatic heterocycles. The van der Waals surface area contributed by atoms with E-state index >= 15 is 4.39 Å². The molecule has 2 aromatic carbocycles. The summed E-state index contributed by atoms with van der Waals surface area (Å²) in [6, 6.07) is 7.68. The van der Waals surface area contributed by atoms with Crippen molar-refractivity contribution in [2.75, 3.05) is 18.4 Å². The fourth-order valence-corrected chi connectivity index (χ4v) is 4.88. The number of benzene rings is 2. The largest absolute Gasteiger partial charge is 0.436 e. The van der Waals surface area contributed by atoms with Crippen LogP contribution in [0.1, 0.15) is 39.9 Å². The Morgan fingerprint density at radius 1 is 1.25 bits per heavy atom. The van der Waals surface area contributed by atoms with Crippen LogP contribution >= 0.6 is 11.6 Å². The van der Waals surface area contributed by atoms with Gasteiger partial charge in [-0.05, 0) is 42.7 Å². The SMILES string of the molecule is O=C1Nc2ccc(Cl)c(F)c2[C@@]2(CCCN(C(=O)c3cnn(Cc4cccc(C(F)(F)F)c4)c3)C2)O1. The van der Waals surface area contributed by atoms with Gasteiger partial charge >= 0.3 is 12.3 Å². The molecular weight excluding hydrogens is 504 g/mol. The van der Waals surface area contributed by atoms with E-state index in [1.165, 1.54) is 46.2 Å². The molecule has 188 valence electrons. The Hall–Kier alpha value is -3.60. The van der Waals surface area contributed by atoms with E-state index in [1.807, 2.05) is 0 Å². The van der Waals surface area contributed by atoms with Crippen molar-refractivity contribution < 1.29 is 31.9 Å². The van der Waals surface area contributed by atoms with Crippen LogP contribution in [0.3, 0.4) is 0 Å². The molecule has 2 aliphatic heterocycles. The number of alkyl halides is 3. The van der Waals surface area contributed by atoms with Crippen LogP contribution in [0.2, 0.25) is 5.02 Å². The fraction of sp³-hybridized carbons (Fsp3) is 0.292. The monoisotopic (exact) mass is 522 g/mol. The lowest BCUT2D eigenvalue weighted by molar-refractivity contribution is -0.137. The molecule has 12 heteroatoms. The zero-order valence-corrected chi connectivity index (χ0v) is 19.4. The van der Waals surface area contributed by atoms with Crippen LogP contribution in [0.15, 0.2) is 48.8 Å². The van der Waals surface area contributed by atoms with Crippen LogP contribution in [0, 0.1) is 5.82 Å². The number of piperidine rings is 1. The molecule has 0 radical (unpaired) electrons. The van der Waals surface area contributed by atoms with Crippen molar-refractivity contribution in [3.8, 4) is 0 Å². The molecule has 2 aliphatic rings. The summed E-state index contributed by atoms with van der Waals surface area (Å²) in [5, 5.41) is 6.45. The predicted octanol–water partition coefficient (Wildman–Crippen LogP) is 5.44. The minimum Gasteiger partial charge on any atom is -0.436 e. The van der Waals surface area contributed by atoms with Crippen molar-refractivity contribution >= 4 is 29.3 Å². The van der Waals surface area contributed by atoms with Gasteiger partial charge in [-0.1, -0.05) is 23.7 Å². The lowest BCUT2D eigenvalue weighted by atomic mass is 9.83. The third kappa shape index (κ3) is 4.39. The fourth-order valence-electron chi connectivity index (χ4n) is 4.72. The third-order valence-electron chi connectivity index (χ3n) is 6.30. The highest BCUT2D eigenvalue weighted by Gasteiger charge is 2.48. The van der Waals surface area contributed by atoms with Crippen LogP contribution in [0.25, 0.3) is 0 Å². The maximum Gasteiger partial charge on any atom is 0.416 e. The molecule has 1 spiro atoms. The number of nitrogens with zero attached hydrogens (tertiary/aromatic N) is 3. The van der Waals surface area contributed by atoms with Gasteiger partial charge in [0.15, 0.2) is 11.4 Å². The second-order valence-corrected chi connectivity index (χ2v) is 9.15. The van der Waals surface area contributed by atoms with Crippen LogP contribution in [0.5, 0.6) is 0 Å². The Bertz CT molecular complexity index is 1360. The minimum atomic E-state index is -4.47. The molecule has 1 atom stereocenters. The first-order valence-corrected chi connectivity index (χ1v) is 11.4. The van der Waals surface area contributed by atoms with Gasteiger partial charge in [0.05, 0.1) is 46.7 Å². The summed E-state index contributed by atoms with van der Waals surface area (Å²) in [5.41, 5.74) is -1.29. The molecule has 3 aromatic rings. The number of carbonyl (C=O) groups is 2. The molecule has 3 heterocycles. The van der Waals surface area contributed by atoms with Gasteiger partial charge in [-0.2, -0.15) is 18.3 Å².